The van der Waals surface area contributed by atoms with Gasteiger partial charge in [-0.2, -0.15) is 5.26 Å². The first-order chi connectivity index (χ1) is 12.3. The molecule has 134 valence electrons. The van der Waals surface area contributed by atoms with Crippen LogP contribution in [0, 0.1) is 17.2 Å². The zero-order valence-electron chi connectivity index (χ0n) is 14.8. The third kappa shape index (κ3) is 3.09. The van der Waals surface area contributed by atoms with Crippen LogP contribution in [0.2, 0.25) is 0 Å². The minimum absolute atomic E-state index is 0.233. The van der Waals surface area contributed by atoms with Gasteiger partial charge in [-0.05, 0) is 29.7 Å². The second-order valence-electron chi connectivity index (χ2n) is 6.66. The van der Waals surface area contributed by atoms with Crippen molar-refractivity contribution in [2.75, 3.05) is 0 Å². The molecule has 1 atom stereocenters. The van der Waals surface area contributed by atoms with Crippen molar-refractivity contribution in [3.8, 4) is 6.07 Å². The quantitative estimate of drug-likeness (QED) is 0.765. The normalized spacial score (nSPS) is 12.5. The molecular weight excluding hydrogens is 350 g/mol. The van der Waals surface area contributed by atoms with E-state index in [2.05, 4.69) is 0 Å². The summed E-state index contributed by atoms with van der Waals surface area (Å²) in [5.74, 6) is 0.233. The van der Waals surface area contributed by atoms with Crippen molar-refractivity contribution in [3.05, 3.63) is 67.2 Å². The molecule has 0 aliphatic heterocycles. The fraction of sp³-hybridized carbons (Fsp3) is 0.316. The summed E-state index contributed by atoms with van der Waals surface area (Å²) in [4.78, 5) is 26.1. The fourth-order valence-electron chi connectivity index (χ4n) is 2.89. The molecule has 6 nitrogen and oxygen atoms in total. The molecule has 1 unspecified atom stereocenters. The lowest BCUT2D eigenvalue weighted by atomic mass is 10.1. The summed E-state index contributed by atoms with van der Waals surface area (Å²) in [6.45, 7) is 4.49. The SMILES string of the molecule is CC(C)Cn1c(=O)n(C)c(=O)c2cc(C(O)c3cccc(C#N)c3)sc21. The molecule has 0 aliphatic rings. The number of benzene rings is 1. The summed E-state index contributed by atoms with van der Waals surface area (Å²) >= 11 is 1.24. The minimum Gasteiger partial charge on any atom is -0.383 e. The summed E-state index contributed by atoms with van der Waals surface area (Å²) in [6.07, 6.45) is -0.965. The third-order valence-corrected chi connectivity index (χ3v) is 5.39. The van der Waals surface area contributed by atoms with Gasteiger partial charge in [0.2, 0.25) is 0 Å². The molecule has 3 aromatic rings. The first-order valence-corrected chi connectivity index (χ1v) is 9.06. The molecule has 0 saturated carbocycles. The molecule has 2 heterocycles. The van der Waals surface area contributed by atoms with Gasteiger partial charge in [-0.1, -0.05) is 26.0 Å². The summed E-state index contributed by atoms with van der Waals surface area (Å²) in [5, 5.41) is 20.2. The Labute approximate surface area is 154 Å². The van der Waals surface area contributed by atoms with E-state index in [1.807, 2.05) is 19.9 Å². The lowest BCUT2D eigenvalue weighted by Gasteiger charge is -2.11. The Bertz CT molecular complexity index is 1130. The molecule has 0 amide bonds. The van der Waals surface area contributed by atoms with Crippen LogP contribution in [0.4, 0.5) is 0 Å². The van der Waals surface area contributed by atoms with Gasteiger partial charge in [-0.15, -0.1) is 11.3 Å². The van der Waals surface area contributed by atoms with Crippen LogP contribution >= 0.6 is 11.3 Å². The van der Waals surface area contributed by atoms with Gasteiger partial charge in [0.25, 0.3) is 5.56 Å². The van der Waals surface area contributed by atoms with E-state index < -0.39 is 6.10 Å². The predicted molar refractivity (Wildman–Crippen MR) is 101 cm³/mol. The zero-order chi connectivity index (χ0) is 19.0. The van der Waals surface area contributed by atoms with Crippen LogP contribution in [0.1, 0.15) is 36.0 Å². The largest absolute Gasteiger partial charge is 0.383 e. The molecule has 3 rings (SSSR count). The van der Waals surface area contributed by atoms with Gasteiger partial charge < -0.3 is 5.11 Å². The molecule has 0 radical (unpaired) electrons. The van der Waals surface area contributed by atoms with Crippen LogP contribution in [0.25, 0.3) is 10.2 Å². The lowest BCUT2D eigenvalue weighted by Crippen LogP contribution is -2.38. The maximum absolute atomic E-state index is 12.5. The first kappa shape index (κ1) is 18.1. The van der Waals surface area contributed by atoms with Gasteiger partial charge in [0, 0.05) is 18.5 Å². The van der Waals surface area contributed by atoms with Crippen molar-refractivity contribution >= 4 is 21.6 Å². The Hall–Kier alpha value is -2.69. The van der Waals surface area contributed by atoms with Crippen molar-refractivity contribution in [3.63, 3.8) is 0 Å². The monoisotopic (exact) mass is 369 g/mol. The molecular formula is C19H19N3O3S. The first-order valence-electron chi connectivity index (χ1n) is 8.25. The standard InChI is InChI=1S/C19H19N3O3S/c1-11(2)10-22-18-14(17(24)21(3)19(22)25)8-15(26-18)16(23)13-6-4-5-12(7-13)9-20/h4-8,11,16,23H,10H2,1-3H3. The number of nitriles is 1. The molecule has 0 bridgehead atoms. The Morgan fingerprint density at radius 2 is 2.00 bits per heavy atom. The average Bonchev–Trinajstić information content (AvgIpc) is 3.08. The third-order valence-electron chi connectivity index (χ3n) is 4.18. The summed E-state index contributed by atoms with van der Waals surface area (Å²) < 4.78 is 2.69. The Balaban J connectivity index is 2.20. The number of aliphatic hydroxyl groups is 1. The van der Waals surface area contributed by atoms with Gasteiger partial charge in [0.1, 0.15) is 10.9 Å². The maximum atomic E-state index is 12.5. The van der Waals surface area contributed by atoms with Crippen LogP contribution in [0.5, 0.6) is 0 Å². The Morgan fingerprint density at radius 1 is 1.27 bits per heavy atom. The summed E-state index contributed by atoms with van der Waals surface area (Å²) in [6, 6.07) is 10.4. The second-order valence-corrected chi connectivity index (χ2v) is 7.72. The van der Waals surface area contributed by atoms with Crippen LogP contribution in [0.3, 0.4) is 0 Å². The summed E-state index contributed by atoms with van der Waals surface area (Å²) in [5.41, 5.74) is 0.302. The molecule has 0 spiro atoms. The summed E-state index contributed by atoms with van der Waals surface area (Å²) in [7, 11) is 1.46. The van der Waals surface area contributed by atoms with Gasteiger partial charge in [0.15, 0.2) is 0 Å². The minimum atomic E-state index is -0.965. The molecule has 2 aromatic heterocycles. The maximum Gasteiger partial charge on any atom is 0.331 e. The van der Waals surface area contributed by atoms with Crippen LogP contribution in [-0.2, 0) is 13.6 Å². The van der Waals surface area contributed by atoms with Crippen molar-refractivity contribution in [2.24, 2.45) is 13.0 Å². The number of fused-ring (bicyclic) bond motifs is 1. The predicted octanol–water partition coefficient (Wildman–Crippen LogP) is 2.37. The van der Waals surface area contributed by atoms with Crippen molar-refractivity contribution in [2.45, 2.75) is 26.5 Å². The van der Waals surface area contributed by atoms with Gasteiger partial charge >= 0.3 is 5.69 Å². The van der Waals surface area contributed by atoms with E-state index in [9.17, 15) is 14.7 Å². The van der Waals surface area contributed by atoms with E-state index in [1.165, 1.54) is 18.4 Å². The number of aliphatic hydroxyl groups excluding tert-OH is 1. The van der Waals surface area contributed by atoms with Crippen molar-refractivity contribution in [1.82, 2.24) is 9.13 Å². The molecule has 0 saturated heterocycles. The number of hydrogen-bond acceptors (Lipinski definition) is 5. The van der Waals surface area contributed by atoms with Crippen LogP contribution < -0.4 is 11.2 Å². The number of hydrogen-bond donors (Lipinski definition) is 1. The van der Waals surface area contributed by atoms with E-state index in [4.69, 9.17) is 5.26 Å². The highest BCUT2D eigenvalue weighted by Gasteiger charge is 2.20. The number of rotatable bonds is 4. The average molecular weight is 369 g/mol. The van der Waals surface area contributed by atoms with E-state index in [-0.39, 0.29) is 17.2 Å². The highest BCUT2D eigenvalue weighted by molar-refractivity contribution is 7.18. The van der Waals surface area contributed by atoms with E-state index >= 15 is 0 Å². The number of thiophene rings is 1. The molecule has 0 aliphatic carbocycles. The van der Waals surface area contributed by atoms with E-state index in [0.29, 0.717) is 32.8 Å². The molecule has 1 aromatic carbocycles. The molecule has 0 fully saturated rings. The molecule has 26 heavy (non-hydrogen) atoms. The highest BCUT2D eigenvalue weighted by atomic mass is 32.1. The molecule has 1 N–H and O–H groups in total. The lowest BCUT2D eigenvalue weighted by molar-refractivity contribution is 0.224. The smallest absolute Gasteiger partial charge is 0.331 e. The van der Waals surface area contributed by atoms with Gasteiger partial charge in [-0.25, -0.2) is 4.79 Å². The molecule has 7 heteroatoms. The number of nitrogens with zero attached hydrogens (tertiary/aromatic N) is 3. The Morgan fingerprint density at radius 3 is 2.65 bits per heavy atom. The van der Waals surface area contributed by atoms with E-state index in [1.54, 1.807) is 34.9 Å². The van der Waals surface area contributed by atoms with E-state index in [0.717, 1.165) is 4.57 Å². The van der Waals surface area contributed by atoms with Crippen molar-refractivity contribution < 1.29 is 5.11 Å². The topological polar surface area (TPSA) is 88.0 Å². The van der Waals surface area contributed by atoms with Crippen LogP contribution in [0.15, 0.2) is 39.9 Å². The number of aromatic nitrogens is 2. The van der Waals surface area contributed by atoms with Gasteiger partial charge in [-0.3, -0.25) is 13.9 Å². The van der Waals surface area contributed by atoms with Gasteiger partial charge in [0.05, 0.1) is 17.0 Å². The Kier molecular flexibility index (Phi) is 4.81. The van der Waals surface area contributed by atoms with Crippen LogP contribution in [-0.4, -0.2) is 14.2 Å². The zero-order valence-corrected chi connectivity index (χ0v) is 15.6. The fourth-order valence-corrected chi connectivity index (χ4v) is 4.06. The second kappa shape index (κ2) is 6.90. The van der Waals surface area contributed by atoms with Crippen molar-refractivity contribution in [1.29, 1.82) is 5.26 Å². The highest BCUT2D eigenvalue weighted by Crippen LogP contribution is 2.32.